The van der Waals surface area contributed by atoms with Crippen molar-refractivity contribution in [3.63, 3.8) is 0 Å². The summed E-state index contributed by atoms with van der Waals surface area (Å²) < 4.78 is 1.71. The molecule has 2 rings (SSSR count). The Labute approximate surface area is 117 Å². The molecule has 1 heterocycles. The normalized spacial score (nSPS) is 21.6. The van der Waals surface area contributed by atoms with Gasteiger partial charge in [0, 0.05) is 26.2 Å². The number of aromatic nitrogens is 2. The third-order valence-corrected chi connectivity index (χ3v) is 3.54. The molecule has 6 nitrogen and oxygen atoms in total. The van der Waals surface area contributed by atoms with Crippen LogP contribution in [0.4, 0.5) is 0 Å². The number of carboxylic acid groups (broad SMARTS) is 1. The van der Waals surface area contributed by atoms with Gasteiger partial charge < -0.3 is 10.4 Å². The van der Waals surface area contributed by atoms with Gasteiger partial charge in [0.2, 0.25) is 5.91 Å². The van der Waals surface area contributed by atoms with Crippen molar-refractivity contribution in [2.75, 3.05) is 6.54 Å². The molecule has 0 saturated heterocycles. The Hall–Kier alpha value is -2.11. The Balaban J connectivity index is 1.84. The van der Waals surface area contributed by atoms with Crippen molar-refractivity contribution >= 4 is 11.9 Å². The minimum atomic E-state index is -0.903. The van der Waals surface area contributed by atoms with Crippen molar-refractivity contribution in [1.82, 2.24) is 15.1 Å². The first-order chi connectivity index (χ1) is 9.58. The Morgan fingerprint density at radius 1 is 1.40 bits per heavy atom. The van der Waals surface area contributed by atoms with Crippen molar-refractivity contribution in [3.8, 4) is 0 Å². The van der Waals surface area contributed by atoms with E-state index in [1.165, 1.54) is 0 Å². The number of carbonyl (C=O) groups is 2. The van der Waals surface area contributed by atoms with E-state index in [2.05, 4.69) is 10.4 Å². The lowest BCUT2D eigenvalue weighted by Gasteiger charge is -2.24. The largest absolute Gasteiger partial charge is 0.481 e. The van der Waals surface area contributed by atoms with Crippen LogP contribution in [-0.4, -0.2) is 33.3 Å². The SMILES string of the molecule is Cn1ccc(CCNC(=O)[C@@H]2CC=CC[C@@H]2C(=O)O)n1. The minimum Gasteiger partial charge on any atom is -0.481 e. The molecular formula is C14H19N3O3. The molecule has 0 saturated carbocycles. The highest BCUT2D eigenvalue weighted by molar-refractivity contribution is 5.85. The van der Waals surface area contributed by atoms with Crippen LogP contribution < -0.4 is 5.32 Å². The monoisotopic (exact) mass is 277 g/mol. The maximum atomic E-state index is 12.1. The van der Waals surface area contributed by atoms with E-state index in [9.17, 15) is 9.59 Å². The maximum absolute atomic E-state index is 12.1. The highest BCUT2D eigenvalue weighted by Gasteiger charge is 2.33. The van der Waals surface area contributed by atoms with Gasteiger partial charge in [0.25, 0.3) is 0 Å². The summed E-state index contributed by atoms with van der Waals surface area (Å²) in [6.45, 7) is 0.475. The van der Waals surface area contributed by atoms with Crippen LogP contribution in [0.25, 0.3) is 0 Å². The first-order valence-corrected chi connectivity index (χ1v) is 6.72. The minimum absolute atomic E-state index is 0.183. The topological polar surface area (TPSA) is 84.2 Å². The molecule has 0 radical (unpaired) electrons. The lowest BCUT2D eigenvalue weighted by atomic mass is 9.82. The van der Waals surface area contributed by atoms with Crippen LogP contribution in [-0.2, 0) is 23.1 Å². The first-order valence-electron chi connectivity index (χ1n) is 6.72. The number of nitrogens with one attached hydrogen (secondary N) is 1. The molecule has 2 N–H and O–H groups in total. The summed E-state index contributed by atoms with van der Waals surface area (Å²) in [5.41, 5.74) is 0.908. The second-order valence-corrected chi connectivity index (χ2v) is 5.02. The average Bonchev–Trinajstić information content (AvgIpc) is 2.84. The number of allylic oxidation sites excluding steroid dienone is 2. The molecule has 1 aromatic heterocycles. The van der Waals surface area contributed by atoms with Gasteiger partial charge >= 0.3 is 5.97 Å². The molecule has 20 heavy (non-hydrogen) atoms. The maximum Gasteiger partial charge on any atom is 0.307 e. The van der Waals surface area contributed by atoms with E-state index in [1.54, 1.807) is 4.68 Å². The third kappa shape index (κ3) is 3.46. The smallest absolute Gasteiger partial charge is 0.307 e. The quantitative estimate of drug-likeness (QED) is 0.778. The Bertz CT molecular complexity index is 521. The van der Waals surface area contributed by atoms with Gasteiger partial charge in [-0.15, -0.1) is 0 Å². The molecule has 0 bridgehead atoms. The number of aliphatic carboxylic acids is 1. The van der Waals surface area contributed by atoms with Crippen LogP contribution >= 0.6 is 0 Å². The standard InChI is InChI=1S/C14H19N3O3/c1-17-9-7-10(16-17)6-8-15-13(18)11-4-2-3-5-12(11)14(19)20/h2-3,7,9,11-12H,4-6,8H2,1H3,(H,15,18)(H,19,20)/t11-,12+/m1/s1. The number of rotatable bonds is 5. The van der Waals surface area contributed by atoms with Crippen LogP contribution in [0.3, 0.4) is 0 Å². The summed E-state index contributed by atoms with van der Waals surface area (Å²) in [5.74, 6) is -2.17. The summed E-state index contributed by atoms with van der Waals surface area (Å²) in [6.07, 6.45) is 7.12. The predicted molar refractivity (Wildman–Crippen MR) is 72.9 cm³/mol. The molecule has 108 valence electrons. The fraction of sp³-hybridized carbons (Fsp3) is 0.500. The summed E-state index contributed by atoms with van der Waals surface area (Å²) in [7, 11) is 1.84. The van der Waals surface area contributed by atoms with Gasteiger partial charge in [-0.1, -0.05) is 12.2 Å². The summed E-state index contributed by atoms with van der Waals surface area (Å²) in [4.78, 5) is 23.2. The van der Waals surface area contributed by atoms with Crippen LogP contribution in [0.2, 0.25) is 0 Å². The number of nitrogens with zero attached hydrogens (tertiary/aromatic N) is 2. The zero-order chi connectivity index (χ0) is 14.5. The van der Waals surface area contributed by atoms with Crippen LogP contribution in [0.5, 0.6) is 0 Å². The van der Waals surface area contributed by atoms with Crippen molar-refractivity contribution in [1.29, 1.82) is 0 Å². The number of hydrogen-bond donors (Lipinski definition) is 2. The number of carbonyl (C=O) groups excluding carboxylic acids is 1. The van der Waals surface area contributed by atoms with E-state index >= 15 is 0 Å². The lowest BCUT2D eigenvalue weighted by molar-refractivity contribution is -0.147. The van der Waals surface area contributed by atoms with E-state index in [4.69, 9.17) is 5.11 Å². The zero-order valence-corrected chi connectivity index (χ0v) is 11.5. The molecular weight excluding hydrogens is 258 g/mol. The van der Waals surface area contributed by atoms with E-state index in [0.29, 0.717) is 25.8 Å². The van der Waals surface area contributed by atoms with Crippen molar-refractivity contribution < 1.29 is 14.7 Å². The van der Waals surface area contributed by atoms with Crippen LogP contribution in [0.15, 0.2) is 24.4 Å². The lowest BCUT2D eigenvalue weighted by Crippen LogP contribution is -2.39. The fourth-order valence-electron chi connectivity index (χ4n) is 2.42. The van der Waals surface area contributed by atoms with Gasteiger partial charge in [-0.3, -0.25) is 14.3 Å². The molecule has 1 aliphatic rings. The van der Waals surface area contributed by atoms with Crippen molar-refractivity contribution in [3.05, 3.63) is 30.1 Å². The molecule has 0 aromatic carbocycles. The second-order valence-electron chi connectivity index (χ2n) is 5.02. The van der Waals surface area contributed by atoms with Gasteiger partial charge in [0.1, 0.15) is 0 Å². The zero-order valence-electron chi connectivity index (χ0n) is 11.5. The van der Waals surface area contributed by atoms with Crippen LogP contribution in [0.1, 0.15) is 18.5 Å². The molecule has 1 amide bonds. The van der Waals surface area contributed by atoms with Gasteiger partial charge in [-0.25, -0.2) is 0 Å². The van der Waals surface area contributed by atoms with E-state index in [-0.39, 0.29) is 5.91 Å². The molecule has 0 spiro atoms. The van der Waals surface area contributed by atoms with Gasteiger partial charge in [-0.05, 0) is 18.9 Å². The van der Waals surface area contributed by atoms with Gasteiger partial charge in [-0.2, -0.15) is 5.10 Å². The summed E-state index contributed by atoms with van der Waals surface area (Å²) >= 11 is 0. The predicted octanol–water partition coefficient (Wildman–Crippen LogP) is 0.746. The third-order valence-electron chi connectivity index (χ3n) is 3.54. The molecule has 0 fully saturated rings. The number of aryl methyl sites for hydroxylation is 1. The Morgan fingerprint density at radius 3 is 2.70 bits per heavy atom. The van der Waals surface area contributed by atoms with Crippen LogP contribution in [0, 0.1) is 11.8 Å². The molecule has 2 atom stereocenters. The molecule has 1 aromatic rings. The average molecular weight is 277 g/mol. The highest BCUT2D eigenvalue weighted by atomic mass is 16.4. The first kappa shape index (κ1) is 14.3. The summed E-state index contributed by atoms with van der Waals surface area (Å²) in [5, 5.41) is 16.2. The number of carboxylic acids is 1. The van der Waals surface area contributed by atoms with E-state index in [0.717, 1.165) is 5.69 Å². The number of hydrogen-bond acceptors (Lipinski definition) is 3. The highest BCUT2D eigenvalue weighted by Crippen LogP contribution is 2.25. The van der Waals surface area contributed by atoms with E-state index in [1.807, 2.05) is 31.5 Å². The molecule has 0 unspecified atom stereocenters. The second kappa shape index (κ2) is 6.36. The molecule has 6 heteroatoms. The van der Waals surface area contributed by atoms with E-state index < -0.39 is 17.8 Å². The fourth-order valence-corrected chi connectivity index (χ4v) is 2.42. The number of amides is 1. The van der Waals surface area contributed by atoms with Gasteiger partial charge in [0.15, 0.2) is 0 Å². The molecule has 1 aliphatic carbocycles. The Morgan fingerprint density at radius 2 is 2.10 bits per heavy atom. The van der Waals surface area contributed by atoms with Crippen molar-refractivity contribution in [2.24, 2.45) is 18.9 Å². The summed E-state index contributed by atoms with van der Waals surface area (Å²) in [6, 6.07) is 1.90. The van der Waals surface area contributed by atoms with Crippen molar-refractivity contribution in [2.45, 2.75) is 19.3 Å². The van der Waals surface area contributed by atoms with Gasteiger partial charge in [0.05, 0.1) is 17.5 Å². The Kier molecular flexibility index (Phi) is 4.55. The molecule has 0 aliphatic heterocycles.